The van der Waals surface area contributed by atoms with Crippen LogP contribution in [0.4, 0.5) is 5.69 Å². The first-order valence-corrected chi connectivity index (χ1v) is 6.52. The zero-order valence-corrected chi connectivity index (χ0v) is 10.6. The molecular weight excluding hydrogens is 224 g/mol. The highest BCUT2D eigenvalue weighted by Gasteiger charge is 2.32. The second-order valence-electron chi connectivity index (χ2n) is 5.22. The minimum atomic E-state index is 0.334. The molecule has 3 heteroatoms. The van der Waals surface area contributed by atoms with Crippen LogP contribution in [-0.4, -0.2) is 5.16 Å². The van der Waals surface area contributed by atoms with Crippen LogP contribution in [0.15, 0.2) is 35.1 Å². The molecule has 0 amide bonds. The number of anilines is 1. The van der Waals surface area contributed by atoms with Crippen molar-refractivity contribution in [1.82, 2.24) is 5.16 Å². The van der Waals surface area contributed by atoms with Gasteiger partial charge in [0, 0.05) is 17.2 Å². The third-order valence-electron chi connectivity index (χ3n) is 3.97. The average molecular weight is 242 g/mol. The Balaban J connectivity index is 2.03. The topological polar surface area (TPSA) is 52.0 Å². The molecule has 0 saturated heterocycles. The Hall–Kier alpha value is -1.77. The van der Waals surface area contributed by atoms with Crippen molar-refractivity contribution in [2.75, 3.05) is 5.73 Å². The van der Waals surface area contributed by atoms with E-state index in [4.69, 9.17) is 10.3 Å². The van der Waals surface area contributed by atoms with E-state index >= 15 is 0 Å². The maximum Gasteiger partial charge on any atom is 0.127 e. The number of nitrogens with zero attached hydrogens (tertiary/aromatic N) is 1. The van der Waals surface area contributed by atoms with E-state index in [0.29, 0.717) is 11.8 Å². The summed E-state index contributed by atoms with van der Waals surface area (Å²) >= 11 is 0. The molecule has 1 aromatic carbocycles. The first-order chi connectivity index (χ1) is 8.75. The standard InChI is InChI=1S/C15H18N2O/c1-10-9-18-17-15(10)14(11-4-2-5-11)12-6-3-7-13(16)8-12/h3,6-9,11,14H,2,4-5,16H2,1H3/t14-/m1/s1. The molecule has 1 fully saturated rings. The number of aromatic nitrogens is 1. The molecule has 0 aliphatic heterocycles. The minimum absolute atomic E-state index is 0.334. The molecule has 0 unspecified atom stereocenters. The molecule has 1 aliphatic rings. The minimum Gasteiger partial charge on any atom is -0.399 e. The van der Waals surface area contributed by atoms with Crippen molar-refractivity contribution < 1.29 is 4.52 Å². The molecular formula is C15H18N2O. The number of nitrogen functional groups attached to an aromatic ring is 1. The number of rotatable bonds is 3. The highest BCUT2D eigenvalue weighted by Crippen LogP contribution is 2.43. The molecule has 18 heavy (non-hydrogen) atoms. The van der Waals surface area contributed by atoms with Gasteiger partial charge in [-0.25, -0.2) is 0 Å². The summed E-state index contributed by atoms with van der Waals surface area (Å²) in [5.41, 5.74) is 10.2. The summed E-state index contributed by atoms with van der Waals surface area (Å²) in [5.74, 6) is 1.01. The summed E-state index contributed by atoms with van der Waals surface area (Å²) < 4.78 is 5.12. The van der Waals surface area contributed by atoms with E-state index in [2.05, 4.69) is 24.2 Å². The van der Waals surface area contributed by atoms with Crippen molar-refractivity contribution in [2.24, 2.45) is 5.92 Å². The molecule has 1 aliphatic carbocycles. The van der Waals surface area contributed by atoms with E-state index in [0.717, 1.165) is 16.9 Å². The van der Waals surface area contributed by atoms with Gasteiger partial charge in [0.1, 0.15) is 6.26 Å². The summed E-state index contributed by atoms with van der Waals surface area (Å²) in [6.45, 7) is 2.06. The van der Waals surface area contributed by atoms with Gasteiger partial charge in [0.2, 0.25) is 0 Å². The molecule has 1 aromatic heterocycles. The number of aryl methyl sites for hydroxylation is 1. The highest BCUT2D eigenvalue weighted by atomic mass is 16.5. The molecule has 1 saturated carbocycles. The van der Waals surface area contributed by atoms with Crippen molar-refractivity contribution in [3.8, 4) is 0 Å². The predicted octanol–water partition coefficient (Wildman–Crippen LogP) is 3.50. The first-order valence-electron chi connectivity index (χ1n) is 6.52. The molecule has 2 aromatic rings. The maximum atomic E-state index is 5.90. The van der Waals surface area contributed by atoms with E-state index in [1.165, 1.54) is 24.8 Å². The molecule has 94 valence electrons. The number of nitrogens with two attached hydrogens (primary N) is 1. The Labute approximate surface area is 107 Å². The van der Waals surface area contributed by atoms with Crippen molar-refractivity contribution in [1.29, 1.82) is 0 Å². The van der Waals surface area contributed by atoms with E-state index in [-0.39, 0.29) is 0 Å². The quantitative estimate of drug-likeness (QED) is 0.838. The summed E-state index contributed by atoms with van der Waals surface area (Å²) in [7, 11) is 0. The van der Waals surface area contributed by atoms with Crippen LogP contribution >= 0.6 is 0 Å². The van der Waals surface area contributed by atoms with E-state index in [1.807, 2.05) is 12.1 Å². The number of hydrogen-bond acceptors (Lipinski definition) is 3. The Morgan fingerprint density at radius 1 is 1.39 bits per heavy atom. The van der Waals surface area contributed by atoms with Crippen LogP contribution in [0, 0.1) is 12.8 Å². The molecule has 3 rings (SSSR count). The third kappa shape index (κ3) is 1.90. The first kappa shape index (κ1) is 11.3. The van der Waals surface area contributed by atoms with E-state index in [1.54, 1.807) is 6.26 Å². The van der Waals surface area contributed by atoms with Crippen LogP contribution in [0.5, 0.6) is 0 Å². The SMILES string of the molecule is Cc1conc1[C@@H](c1cccc(N)c1)C1CCC1. The predicted molar refractivity (Wildman–Crippen MR) is 71.3 cm³/mol. The number of hydrogen-bond donors (Lipinski definition) is 1. The molecule has 0 radical (unpaired) electrons. The van der Waals surface area contributed by atoms with Gasteiger partial charge in [-0.3, -0.25) is 0 Å². The Morgan fingerprint density at radius 3 is 2.78 bits per heavy atom. The zero-order chi connectivity index (χ0) is 12.5. The van der Waals surface area contributed by atoms with Gasteiger partial charge in [-0.1, -0.05) is 23.7 Å². The zero-order valence-electron chi connectivity index (χ0n) is 10.6. The van der Waals surface area contributed by atoms with Crippen molar-refractivity contribution in [3.63, 3.8) is 0 Å². The highest BCUT2D eigenvalue weighted by molar-refractivity contribution is 5.44. The van der Waals surface area contributed by atoms with Crippen molar-refractivity contribution in [3.05, 3.63) is 47.3 Å². The molecule has 2 N–H and O–H groups in total. The van der Waals surface area contributed by atoms with Crippen molar-refractivity contribution >= 4 is 5.69 Å². The van der Waals surface area contributed by atoms with Gasteiger partial charge < -0.3 is 10.3 Å². The lowest BCUT2D eigenvalue weighted by molar-refractivity contribution is 0.274. The van der Waals surface area contributed by atoms with Crippen LogP contribution in [0.25, 0.3) is 0 Å². The Morgan fingerprint density at radius 2 is 2.22 bits per heavy atom. The lowest BCUT2D eigenvalue weighted by Crippen LogP contribution is -2.22. The monoisotopic (exact) mass is 242 g/mol. The van der Waals surface area contributed by atoms with E-state index in [9.17, 15) is 0 Å². The Kier molecular flexibility index (Phi) is 2.82. The van der Waals surface area contributed by atoms with Crippen LogP contribution in [0.2, 0.25) is 0 Å². The smallest absolute Gasteiger partial charge is 0.127 e. The fraction of sp³-hybridized carbons (Fsp3) is 0.400. The van der Waals surface area contributed by atoms with Gasteiger partial charge in [-0.05, 0) is 43.4 Å². The summed E-state index contributed by atoms with van der Waals surface area (Å²) in [5, 5.41) is 4.21. The summed E-state index contributed by atoms with van der Waals surface area (Å²) in [6.07, 6.45) is 5.59. The normalized spacial score (nSPS) is 17.4. The third-order valence-corrected chi connectivity index (χ3v) is 3.97. The average Bonchev–Trinajstić information content (AvgIpc) is 2.69. The molecule has 0 spiro atoms. The van der Waals surface area contributed by atoms with Gasteiger partial charge in [-0.2, -0.15) is 0 Å². The molecule has 1 heterocycles. The maximum absolute atomic E-state index is 5.90. The summed E-state index contributed by atoms with van der Waals surface area (Å²) in [6, 6.07) is 8.16. The fourth-order valence-electron chi connectivity index (χ4n) is 2.78. The lowest BCUT2D eigenvalue weighted by Gasteiger charge is -2.33. The molecule has 0 bridgehead atoms. The lowest BCUT2D eigenvalue weighted by atomic mass is 9.71. The second-order valence-corrected chi connectivity index (χ2v) is 5.22. The molecule has 1 atom stereocenters. The fourth-order valence-corrected chi connectivity index (χ4v) is 2.78. The van der Waals surface area contributed by atoms with Crippen LogP contribution in [0.3, 0.4) is 0 Å². The largest absolute Gasteiger partial charge is 0.399 e. The van der Waals surface area contributed by atoms with Crippen LogP contribution in [-0.2, 0) is 0 Å². The Bertz CT molecular complexity index is 543. The molecule has 3 nitrogen and oxygen atoms in total. The van der Waals surface area contributed by atoms with Gasteiger partial charge in [0.05, 0.1) is 5.69 Å². The van der Waals surface area contributed by atoms with Gasteiger partial charge in [0.15, 0.2) is 0 Å². The summed E-state index contributed by atoms with van der Waals surface area (Å²) in [4.78, 5) is 0. The van der Waals surface area contributed by atoms with Crippen LogP contribution in [0.1, 0.15) is 42.0 Å². The van der Waals surface area contributed by atoms with Crippen LogP contribution < -0.4 is 5.73 Å². The van der Waals surface area contributed by atoms with Gasteiger partial charge in [0.25, 0.3) is 0 Å². The van der Waals surface area contributed by atoms with Gasteiger partial charge >= 0.3 is 0 Å². The van der Waals surface area contributed by atoms with Crippen molar-refractivity contribution in [2.45, 2.75) is 32.1 Å². The van der Waals surface area contributed by atoms with Gasteiger partial charge in [-0.15, -0.1) is 0 Å². The van der Waals surface area contributed by atoms with E-state index < -0.39 is 0 Å². The number of benzene rings is 1. The second kappa shape index (κ2) is 4.48.